The Hall–Kier alpha value is -4.15. The average Bonchev–Trinajstić information content (AvgIpc) is 3.50. The standard InChI is InChI=1S/C23H20F5N9/c24-19(25)11-36-10-14(7-33-36)20-17(23(26,27)28)8-31-22(35-20)34-15-2-1-3-16(4-15)37-12-32-18-9-30-6-13(5-29)21(18)37/h6-10,12,15-16,19H,1-4,11H2,(H,31,34,35)/t15-,16+/m1/s1. The van der Waals surface area contributed by atoms with Crippen LogP contribution < -0.4 is 5.32 Å². The highest BCUT2D eigenvalue weighted by molar-refractivity contribution is 5.80. The zero-order valence-corrected chi connectivity index (χ0v) is 19.2. The second-order valence-electron chi connectivity index (χ2n) is 8.78. The monoisotopic (exact) mass is 517 g/mol. The van der Waals surface area contributed by atoms with Crippen molar-refractivity contribution in [3.63, 3.8) is 0 Å². The van der Waals surface area contributed by atoms with E-state index in [2.05, 4.69) is 36.4 Å². The first-order chi connectivity index (χ1) is 17.7. The van der Waals surface area contributed by atoms with Gasteiger partial charge in [0, 0.05) is 36.2 Å². The number of anilines is 1. The molecule has 5 rings (SSSR count). The van der Waals surface area contributed by atoms with Gasteiger partial charge in [-0.15, -0.1) is 0 Å². The first-order valence-electron chi connectivity index (χ1n) is 11.5. The number of halogens is 5. The molecule has 0 amide bonds. The molecule has 0 radical (unpaired) electrons. The number of imidazole rings is 1. The molecule has 9 nitrogen and oxygen atoms in total. The van der Waals surface area contributed by atoms with Crippen LogP contribution in [0.5, 0.6) is 0 Å². The van der Waals surface area contributed by atoms with Gasteiger partial charge in [0.2, 0.25) is 5.95 Å². The summed E-state index contributed by atoms with van der Waals surface area (Å²) in [7, 11) is 0. The lowest BCUT2D eigenvalue weighted by atomic mass is 9.90. The minimum absolute atomic E-state index is 0.00679. The summed E-state index contributed by atoms with van der Waals surface area (Å²) in [4.78, 5) is 16.4. The molecule has 4 aromatic rings. The second-order valence-corrected chi connectivity index (χ2v) is 8.78. The van der Waals surface area contributed by atoms with Gasteiger partial charge in [0.15, 0.2) is 0 Å². The normalized spacial score (nSPS) is 18.3. The highest BCUT2D eigenvalue weighted by Gasteiger charge is 2.36. The van der Waals surface area contributed by atoms with Crippen molar-refractivity contribution in [2.24, 2.45) is 0 Å². The molecular weight excluding hydrogens is 497 g/mol. The fourth-order valence-electron chi connectivity index (χ4n) is 4.69. The molecule has 2 atom stereocenters. The number of pyridine rings is 1. The van der Waals surface area contributed by atoms with Gasteiger partial charge < -0.3 is 9.88 Å². The molecule has 1 aliphatic rings. The lowest BCUT2D eigenvalue weighted by Crippen LogP contribution is -2.29. The highest BCUT2D eigenvalue weighted by atomic mass is 19.4. The van der Waals surface area contributed by atoms with E-state index >= 15 is 0 Å². The van der Waals surface area contributed by atoms with Gasteiger partial charge in [-0.2, -0.15) is 23.5 Å². The molecule has 0 aliphatic heterocycles. The molecule has 0 aromatic carbocycles. The number of rotatable bonds is 6. The van der Waals surface area contributed by atoms with Crippen LogP contribution in [-0.4, -0.2) is 46.8 Å². The Balaban J connectivity index is 1.40. The molecule has 14 heteroatoms. The summed E-state index contributed by atoms with van der Waals surface area (Å²) < 4.78 is 69.2. The molecule has 1 fully saturated rings. The van der Waals surface area contributed by atoms with Crippen molar-refractivity contribution in [3.05, 3.63) is 48.4 Å². The van der Waals surface area contributed by atoms with E-state index in [0.29, 0.717) is 29.2 Å². The zero-order chi connectivity index (χ0) is 26.2. The van der Waals surface area contributed by atoms with Crippen LogP contribution in [0.4, 0.5) is 27.9 Å². The zero-order valence-electron chi connectivity index (χ0n) is 19.2. The van der Waals surface area contributed by atoms with Crippen molar-refractivity contribution in [3.8, 4) is 17.3 Å². The van der Waals surface area contributed by atoms with Crippen LogP contribution in [0.1, 0.15) is 42.9 Å². The van der Waals surface area contributed by atoms with Gasteiger partial charge in [-0.3, -0.25) is 9.67 Å². The summed E-state index contributed by atoms with van der Waals surface area (Å²) in [6.07, 6.45) is 3.16. The van der Waals surface area contributed by atoms with Crippen molar-refractivity contribution in [2.45, 2.75) is 56.9 Å². The van der Waals surface area contributed by atoms with Crippen LogP contribution in [0.15, 0.2) is 37.3 Å². The van der Waals surface area contributed by atoms with E-state index in [0.717, 1.165) is 36.3 Å². The van der Waals surface area contributed by atoms with Crippen LogP contribution >= 0.6 is 0 Å². The first kappa shape index (κ1) is 24.5. The van der Waals surface area contributed by atoms with E-state index in [1.165, 1.54) is 6.20 Å². The molecule has 0 spiro atoms. The van der Waals surface area contributed by atoms with Crippen molar-refractivity contribution in [2.75, 3.05) is 5.32 Å². The molecule has 0 bridgehead atoms. The molecule has 4 aromatic heterocycles. The van der Waals surface area contributed by atoms with Crippen molar-refractivity contribution < 1.29 is 22.0 Å². The average molecular weight is 517 g/mol. The number of aromatic nitrogens is 7. The molecule has 0 unspecified atom stereocenters. The SMILES string of the molecule is N#Cc1cncc2ncn([C@H]3CCC[C@@H](Nc4ncc(C(F)(F)F)c(-c5cnn(CC(F)F)c5)n4)C3)c12. The minimum atomic E-state index is -4.75. The van der Waals surface area contributed by atoms with Crippen LogP contribution in [-0.2, 0) is 12.7 Å². The summed E-state index contributed by atoms with van der Waals surface area (Å²) in [5.41, 5.74) is 0.147. The largest absolute Gasteiger partial charge is 0.419 e. The third kappa shape index (κ3) is 5.07. The number of hydrogen-bond acceptors (Lipinski definition) is 7. The Kier molecular flexibility index (Phi) is 6.45. The van der Waals surface area contributed by atoms with Crippen LogP contribution in [0.25, 0.3) is 22.3 Å². The maximum atomic E-state index is 13.7. The van der Waals surface area contributed by atoms with Gasteiger partial charge >= 0.3 is 6.18 Å². The van der Waals surface area contributed by atoms with E-state index in [-0.39, 0.29) is 23.6 Å². The van der Waals surface area contributed by atoms with E-state index in [4.69, 9.17) is 0 Å². The number of nitrogens with one attached hydrogen (secondary N) is 1. The summed E-state index contributed by atoms with van der Waals surface area (Å²) in [5.74, 6) is -0.00679. The topological polar surface area (TPSA) is 110 Å². The number of fused-ring (bicyclic) bond motifs is 1. The Labute approximate surface area is 207 Å². The van der Waals surface area contributed by atoms with E-state index in [1.807, 2.05) is 4.57 Å². The van der Waals surface area contributed by atoms with Crippen molar-refractivity contribution in [1.29, 1.82) is 5.26 Å². The summed E-state index contributed by atoms with van der Waals surface area (Å²) in [6, 6.07) is 1.97. The Bertz CT molecular complexity index is 1450. The molecule has 1 aliphatic carbocycles. The second kappa shape index (κ2) is 9.72. The van der Waals surface area contributed by atoms with Gasteiger partial charge in [0.05, 0.1) is 35.5 Å². The molecule has 4 heterocycles. The highest BCUT2D eigenvalue weighted by Crippen LogP contribution is 2.37. The quantitative estimate of drug-likeness (QED) is 0.365. The van der Waals surface area contributed by atoms with Gasteiger partial charge in [0.25, 0.3) is 6.43 Å². The van der Waals surface area contributed by atoms with E-state index in [1.54, 1.807) is 12.5 Å². The smallest absolute Gasteiger partial charge is 0.351 e. The maximum absolute atomic E-state index is 13.7. The number of nitriles is 1. The maximum Gasteiger partial charge on any atom is 0.419 e. The Morgan fingerprint density at radius 1 is 1.14 bits per heavy atom. The minimum Gasteiger partial charge on any atom is -0.351 e. The lowest BCUT2D eigenvalue weighted by molar-refractivity contribution is -0.137. The van der Waals surface area contributed by atoms with Gasteiger partial charge in [-0.1, -0.05) is 0 Å². The number of hydrogen-bond donors (Lipinski definition) is 1. The molecule has 37 heavy (non-hydrogen) atoms. The van der Waals surface area contributed by atoms with Crippen LogP contribution in [0, 0.1) is 11.3 Å². The van der Waals surface area contributed by atoms with Crippen molar-refractivity contribution >= 4 is 17.0 Å². The lowest BCUT2D eigenvalue weighted by Gasteiger charge is -2.31. The third-order valence-corrected chi connectivity index (χ3v) is 6.30. The van der Waals surface area contributed by atoms with Gasteiger partial charge in [-0.05, 0) is 25.7 Å². The first-order valence-corrected chi connectivity index (χ1v) is 11.5. The number of nitrogens with zero attached hydrogens (tertiary/aromatic N) is 8. The Morgan fingerprint density at radius 2 is 1.97 bits per heavy atom. The summed E-state index contributed by atoms with van der Waals surface area (Å²) in [6.45, 7) is -0.743. The van der Waals surface area contributed by atoms with Gasteiger partial charge in [-0.25, -0.2) is 23.7 Å². The van der Waals surface area contributed by atoms with Crippen LogP contribution in [0.2, 0.25) is 0 Å². The molecular formula is C23H20F5N9. The molecule has 0 saturated heterocycles. The number of alkyl halides is 5. The fourth-order valence-corrected chi connectivity index (χ4v) is 4.69. The third-order valence-electron chi connectivity index (χ3n) is 6.30. The van der Waals surface area contributed by atoms with E-state index < -0.39 is 30.4 Å². The van der Waals surface area contributed by atoms with E-state index in [9.17, 15) is 27.2 Å². The summed E-state index contributed by atoms with van der Waals surface area (Å²) in [5, 5.41) is 16.3. The van der Waals surface area contributed by atoms with Crippen LogP contribution in [0.3, 0.4) is 0 Å². The van der Waals surface area contributed by atoms with Crippen molar-refractivity contribution in [1.82, 2.24) is 34.3 Å². The summed E-state index contributed by atoms with van der Waals surface area (Å²) >= 11 is 0. The van der Waals surface area contributed by atoms with Gasteiger partial charge in [0.1, 0.15) is 23.7 Å². The predicted octanol–water partition coefficient (Wildman–Crippen LogP) is 4.84. The fraction of sp³-hybridized carbons (Fsp3) is 0.391. The Morgan fingerprint density at radius 3 is 2.73 bits per heavy atom. The molecule has 192 valence electrons. The molecule has 1 saturated carbocycles. The predicted molar refractivity (Wildman–Crippen MR) is 121 cm³/mol. The molecule has 1 N–H and O–H groups in total.